The quantitative estimate of drug-likeness (QED) is 0.897. The Bertz CT molecular complexity index is 714. The van der Waals surface area contributed by atoms with Crippen LogP contribution >= 0.6 is 11.6 Å². The summed E-state index contributed by atoms with van der Waals surface area (Å²) in [5, 5.41) is 3.57. The summed E-state index contributed by atoms with van der Waals surface area (Å²) in [5.74, 6) is 0.454. The fraction of sp³-hybridized carbons (Fsp3) is 0.316. The molecule has 1 aliphatic carbocycles. The second kappa shape index (κ2) is 7.05. The highest BCUT2D eigenvalue weighted by Gasteiger charge is 2.15. The van der Waals surface area contributed by atoms with Crippen LogP contribution in [0.2, 0.25) is 5.02 Å². The second-order valence-electron chi connectivity index (χ2n) is 5.92. The zero-order valence-electron chi connectivity index (χ0n) is 13.1. The van der Waals surface area contributed by atoms with Crippen molar-refractivity contribution in [1.82, 2.24) is 5.32 Å². The van der Waals surface area contributed by atoms with Crippen LogP contribution in [0.1, 0.15) is 36.1 Å². The maximum Gasteiger partial charge on any atom is 0.258 e. The zero-order valence-corrected chi connectivity index (χ0v) is 13.9. The number of fused-ring (bicyclic) bond motifs is 1. The van der Waals surface area contributed by atoms with Gasteiger partial charge >= 0.3 is 0 Å². The highest BCUT2D eigenvalue weighted by molar-refractivity contribution is 6.30. The minimum Gasteiger partial charge on any atom is -0.484 e. The van der Waals surface area contributed by atoms with E-state index in [9.17, 15) is 4.79 Å². The Labute approximate surface area is 141 Å². The SMILES string of the molecule is C[C@@H](NC(=O)COc1cccc(Cl)c1)c1ccc2c(c1)CCC2. The first-order chi connectivity index (χ1) is 11.1. The number of amides is 1. The molecular formula is C19H20ClNO2. The van der Waals surface area contributed by atoms with Gasteiger partial charge in [-0.2, -0.15) is 0 Å². The normalized spacial score (nSPS) is 14.2. The average Bonchev–Trinajstić information content (AvgIpc) is 3.00. The van der Waals surface area contributed by atoms with Gasteiger partial charge in [0.25, 0.3) is 5.91 Å². The van der Waals surface area contributed by atoms with Crippen LogP contribution in [-0.4, -0.2) is 12.5 Å². The highest BCUT2D eigenvalue weighted by atomic mass is 35.5. The predicted octanol–water partition coefficient (Wildman–Crippen LogP) is 4.08. The number of nitrogens with one attached hydrogen (secondary N) is 1. The van der Waals surface area contributed by atoms with Gasteiger partial charge in [-0.3, -0.25) is 4.79 Å². The molecule has 4 heteroatoms. The summed E-state index contributed by atoms with van der Waals surface area (Å²) >= 11 is 5.89. The van der Waals surface area contributed by atoms with Gasteiger partial charge in [0.05, 0.1) is 6.04 Å². The monoisotopic (exact) mass is 329 g/mol. The van der Waals surface area contributed by atoms with E-state index in [4.69, 9.17) is 16.3 Å². The molecule has 2 aromatic carbocycles. The molecule has 1 aliphatic rings. The van der Waals surface area contributed by atoms with E-state index in [-0.39, 0.29) is 18.6 Å². The van der Waals surface area contributed by atoms with Crippen molar-refractivity contribution in [1.29, 1.82) is 0 Å². The van der Waals surface area contributed by atoms with Gasteiger partial charge in [-0.15, -0.1) is 0 Å². The van der Waals surface area contributed by atoms with Gasteiger partial charge in [0.1, 0.15) is 5.75 Å². The molecule has 0 heterocycles. The number of halogens is 1. The van der Waals surface area contributed by atoms with Crippen molar-refractivity contribution in [2.45, 2.75) is 32.2 Å². The molecule has 3 rings (SSSR count). The maximum absolute atomic E-state index is 12.0. The van der Waals surface area contributed by atoms with Crippen molar-refractivity contribution < 1.29 is 9.53 Å². The first kappa shape index (κ1) is 15.9. The fourth-order valence-corrected chi connectivity index (χ4v) is 3.11. The van der Waals surface area contributed by atoms with E-state index in [1.807, 2.05) is 6.92 Å². The molecule has 23 heavy (non-hydrogen) atoms. The Kier molecular flexibility index (Phi) is 4.87. The molecule has 0 aliphatic heterocycles. The Balaban J connectivity index is 1.55. The molecule has 1 amide bonds. The number of hydrogen-bond donors (Lipinski definition) is 1. The van der Waals surface area contributed by atoms with Crippen molar-refractivity contribution in [3.8, 4) is 5.75 Å². The number of carbonyl (C=O) groups is 1. The van der Waals surface area contributed by atoms with Gasteiger partial charge in [-0.05, 0) is 61.1 Å². The van der Waals surface area contributed by atoms with E-state index in [1.165, 1.54) is 24.0 Å². The van der Waals surface area contributed by atoms with Gasteiger partial charge in [-0.25, -0.2) is 0 Å². The van der Waals surface area contributed by atoms with Crippen LogP contribution in [0.4, 0.5) is 0 Å². The number of hydrogen-bond acceptors (Lipinski definition) is 2. The number of carbonyl (C=O) groups excluding carboxylic acids is 1. The van der Waals surface area contributed by atoms with E-state index in [0.717, 1.165) is 12.0 Å². The predicted molar refractivity (Wildman–Crippen MR) is 92.0 cm³/mol. The smallest absolute Gasteiger partial charge is 0.258 e. The molecule has 0 fully saturated rings. The summed E-state index contributed by atoms with van der Waals surface area (Å²) < 4.78 is 5.46. The van der Waals surface area contributed by atoms with Crippen molar-refractivity contribution in [3.63, 3.8) is 0 Å². The van der Waals surface area contributed by atoms with Crippen LogP contribution in [0.5, 0.6) is 5.75 Å². The van der Waals surface area contributed by atoms with E-state index >= 15 is 0 Å². The topological polar surface area (TPSA) is 38.3 Å². The Hall–Kier alpha value is -2.00. The molecular weight excluding hydrogens is 310 g/mol. The lowest BCUT2D eigenvalue weighted by Gasteiger charge is -2.16. The fourth-order valence-electron chi connectivity index (χ4n) is 2.93. The molecule has 0 spiro atoms. The lowest BCUT2D eigenvalue weighted by atomic mass is 10.0. The summed E-state index contributed by atoms with van der Waals surface area (Å²) in [6.45, 7) is 1.98. The van der Waals surface area contributed by atoms with Crippen LogP contribution in [0.3, 0.4) is 0 Å². The van der Waals surface area contributed by atoms with Gasteiger partial charge in [0.2, 0.25) is 0 Å². The molecule has 0 saturated heterocycles. The number of aryl methyl sites for hydroxylation is 2. The maximum atomic E-state index is 12.0. The average molecular weight is 330 g/mol. The van der Waals surface area contributed by atoms with Gasteiger partial charge in [0, 0.05) is 5.02 Å². The van der Waals surface area contributed by atoms with Gasteiger partial charge in [0.15, 0.2) is 6.61 Å². The molecule has 0 bridgehead atoms. The third-order valence-corrected chi connectivity index (χ3v) is 4.40. The Morgan fingerprint density at radius 2 is 2.04 bits per heavy atom. The van der Waals surface area contributed by atoms with Crippen molar-refractivity contribution in [3.05, 3.63) is 64.2 Å². The minimum absolute atomic E-state index is 0.0182. The highest BCUT2D eigenvalue weighted by Crippen LogP contribution is 2.25. The minimum atomic E-state index is -0.141. The number of ether oxygens (including phenoxy) is 1. The summed E-state index contributed by atoms with van der Waals surface area (Å²) in [6, 6.07) is 13.5. The lowest BCUT2D eigenvalue weighted by molar-refractivity contribution is -0.123. The van der Waals surface area contributed by atoms with E-state index in [2.05, 4.69) is 23.5 Å². The summed E-state index contributed by atoms with van der Waals surface area (Å²) in [5.41, 5.74) is 4.00. The Morgan fingerprint density at radius 3 is 2.87 bits per heavy atom. The zero-order chi connectivity index (χ0) is 16.2. The first-order valence-corrected chi connectivity index (χ1v) is 8.29. The molecule has 0 aromatic heterocycles. The summed E-state index contributed by atoms with van der Waals surface area (Å²) in [4.78, 5) is 12.0. The summed E-state index contributed by atoms with van der Waals surface area (Å²) in [6.07, 6.45) is 3.54. The third-order valence-electron chi connectivity index (χ3n) is 4.17. The molecule has 3 nitrogen and oxygen atoms in total. The van der Waals surface area contributed by atoms with E-state index in [1.54, 1.807) is 24.3 Å². The second-order valence-corrected chi connectivity index (χ2v) is 6.35. The standard InChI is InChI=1S/C19H20ClNO2/c1-13(15-9-8-14-4-2-5-16(14)10-15)21-19(22)12-23-18-7-3-6-17(20)11-18/h3,6-11,13H,2,4-5,12H2,1H3,(H,21,22)/t13-/m1/s1. The van der Waals surface area contributed by atoms with E-state index < -0.39 is 0 Å². The molecule has 1 N–H and O–H groups in total. The van der Waals surface area contributed by atoms with Gasteiger partial charge < -0.3 is 10.1 Å². The lowest BCUT2D eigenvalue weighted by Crippen LogP contribution is -2.31. The number of benzene rings is 2. The molecule has 2 aromatic rings. The Morgan fingerprint density at radius 1 is 1.22 bits per heavy atom. The third kappa shape index (κ3) is 4.05. The summed E-state index contributed by atoms with van der Waals surface area (Å²) in [7, 11) is 0. The molecule has 0 radical (unpaired) electrons. The van der Waals surface area contributed by atoms with Crippen molar-refractivity contribution in [2.75, 3.05) is 6.61 Å². The molecule has 120 valence electrons. The van der Waals surface area contributed by atoms with Crippen LogP contribution in [-0.2, 0) is 17.6 Å². The number of rotatable bonds is 5. The van der Waals surface area contributed by atoms with Crippen LogP contribution in [0, 0.1) is 0 Å². The molecule has 0 saturated carbocycles. The van der Waals surface area contributed by atoms with Crippen molar-refractivity contribution >= 4 is 17.5 Å². The van der Waals surface area contributed by atoms with Crippen LogP contribution < -0.4 is 10.1 Å². The largest absolute Gasteiger partial charge is 0.484 e. The van der Waals surface area contributed by atoms with Crippen LogP contribution in [0.25, 0.3) is 0 Å². The molecule has 0 unspecified atom stereocenters. The van der Waals surface area contributed by atoms with E-state index in [0.29, 0.717) is 10.8 Å². The van der Waals surface area contributed by atoms with Crippen LogP contribution in [0.15, 0.2) is 42.5 Å². The first-order valence-electron chi connectivity index (χ1n) is 7.91. The van der Waals surface area contributed by atoms with Gasteiger partial charge in [-0.1, -0.05) is 35.9 Å². The van der Waals surface area contributed by atoms with Crippen molar-refractivity contribution in [2.24, 2.45) is 0 Å². The molecule has 1 atom stereocenters.